The molecule has 4 rings (SSSR count). The van der Waals surface area contributed by atoms with Gasteiger partial charge in [0.15, 0.2) is 0 Å². The van der Waals surface area contributed by atoms with Crippen molar-refractivity contribution in [3.8, 4) is 22.6 Å². The van der Waals surface area contributed by atoms with Gasteiger partial charge >= 0.3 is 5.63 Å². The van der Waals surface area contributed by atoms with Crippen molar-refractivity contribution in [2.75, 3.05) is 6.61 Å². The minimum absolute atomic E-state index is 0.276. The SMILES string of the molecule is CC1(C)CCc2c(cc(OCC(=O)[O-])c3c(-c4ccccc4)cc(=O)oc23)O1. The largest absolute Gasteiger partial charge is 0.546 e. The molecule has 0 N–H and O–H groups in total. The molecular weight excluding hydrogens is 360 g/mol. The molecule has 0 spiro atoms. The maximum Gasteiger partial charge on any atom is 0.336 e. The number of ether oxygens (including phenoxy) is 2. The lowest BCUT2D eigenvalue weighted by Crippen LogP contribution is -2.33. The van der Waals surface area contributed by atoms with Gasteiger partial charge in [-0.2, -0.15) is 0 Å². The highest BCUT2D eigenvalue weighted by molar-refractivity contribution is 6.00. The van der Waals surface area contributed by atoms with Crippen molar-refractivity contribution >= 4 is 16.9 Å². The van der Waals surface area contributed by atoms with E-state index in [0.717, 1.165) is 17.5 Å². The Labute approximate surface area is 161 Å². The predicted molar refractivity (Wildman–Crippen MR) is 101 cm³/mol. The maximum absolute atomic E-state index is 12.3. The van der Waals surface area contributed by atoms with Gasteiger partial charge in [0.2, 0.25) is 0 Å². The molecule has 2 heterocycles. The summed E-state index contributed by atoms with van der Waals surface area (Å²) in [7, 11) is 0. The number of carboxylic acids is 1. The molecule has 1 aliphatic heterocycles. The molecule has 0 radical (unpaired) electrons. The first kappa shape index (κ1) is 18.1. The van der Waals surface area contributed by atoms with Crippen molar-refractivity contribution < 1.29 is 23.8 Å². The van der Waals surface area contributed by atoms with Gasteiger partial charge in [0.05, 0.1) is 11.4 Å². The van der Waals surface area contributed by atoms with Gasteiger partial charge in [-0.25, -0.2) is 4.79 Å². The molecule has 2 aromatic carbocycles. The van der Waals surface area contributed by atoms with E-state index in [1.165, 1.54) is 6.07 Å². The van der Waals surface area contributed by atoms with E-state index in [-0.39, 0.29) is 11.4 Å². The van der Waals surface area contributed by atoms with Gasteiger partial charge in [-0.3, -0.25) is 0 Å². The Balaban J connectivity index is 2.03. The van der Waals surface area contributed by atoms with Crippen molar-refractivity contribution in [1.29, 1.82) is 0 Å². The van der Waals surface area contributed by atoms with Crippen LogP contribution in [0.5, 0.6) is 11.5 Å². The van der Waals surface area contributed by atoms with Crippen LogP contribution in [-0.2, 0) is 11.2 Å². The summed E-state index contributed by atoms with van der Waals surface area (Å²) in [5.41, 5.74) is 1.69. The van der Waals surface area contributed by atoms with Gasteiger partial charge < -0.3 is 23.8 Å². The Hall–Kier alpha value is -3.28. The summed E-state index contributed by atoms with van der Waals surface area (Å²) < 4.78 is 17.1. The van der Waals surface area contributed by atoms with E-state index in [0.29, 0.717) is 28.7 Å². The van der Waals surface area contributed by atoms with Gasteiger partial charge in [-0.05, 0) is 32.3 Å². The number of aliphatic carboxylic acids is 1. The number of carboxylic acid groups (broad SMARTS) is 1. The Morgan fingerprint density at radius 3 is 2.68 bits per heavy atom. The number of carbonyl (C=O) groups excluding carboxylic acids is 1. The Morgan fingerprint density at radius 2 is 1.96 bits per heavy atom. The smallest absolute Gasteiger partial charge is 0.336 e. The van der Waals surface area contributed by atoms with E-state index in [9.17, 15) is 14.7 Å². The van der Waals surface area contributed by atoms with Crippen LogP contribution in [0, 0.1) is 0 Å². The lowest BCUT2D eigenvalue weighted by molar-refractivity contribution is -0.307. The number of hydrogen-bond donors (Lipinski definition) is 0. The first-order valence-corrected chi connectivity index (χ1v) is 9.05. The van der Waals surface area contributed by atoms with Gasteiger partial charge in [0, 0.05) is 23.3 Å². The van der Waals surface area contributed by atoms with Crippen LogP contribution in [0.2, 0.25) is 0 Å². The molecule has 0 aliphatic carbocycles. The number of carbonyl (C=O) groups is 1. The van der Waals surface area contributed by atoms with Gasteiger partial charge in [0.1, 0.15) is 29.3 Å². The van der Waals surface area contributed by atoms with Gasteiger partial charge in [-0.15, -0.1) is 0 Å². The highest BCUT2D eigenvalue weighted by Gasteiger charge is 2.31. The summed E-state index contributed by atoms with van der Waals surface area (Å²) in [6, 6.07) is 12.4. The van der Waals surface area contributed by atoms with Crippen molar-refractivity contribution in [3.63, 3.8) is 0 Å². The second-order valence-electron chi connectivity index (χ2n) is 7.42. The summed E-state index contributed by atoms with van der Waals surface area (Å²) in [6.45, 7) is 3.32. The van der Waals surface area contributed by atoms with E-state index in [1.54, 1.807) is 6.07 Å². The minimum Gasteiger partial charge on any atom is -0.546 e. The summed E-state index contributed by atoms with van der Waals surface area (Å²) >= 11 is 0. The van der Waals surface area contributed by atoms with Crippen LogP contribution < -0.4 is 20.2 Å². The van der Waals surface area contributed by atoms with Crippen LogP contribution in [0.25, 0.3) is 22.1 Å². The zero-order valence-electron chi connectivity index (χ0n) is 15.6. The molecule has 28 heavy (non-hydrogen) atoms. The van der Waals surface area contributed by atoms with Crippen molar-refractivity contribution in [2.24, 2.45) is 0 Å². The fourth-order valence-corrected chi connectivity index (χ4v) is 3.54. The highest BCUT2D eigenvalue weighted by atomic mass is 16.5. The summed E-state index contributed by atoms with van der Waals surface area (Å²) in [6.07, 6.45) is 1.43. The topological polar surface area (TPSA) is 88.8 Å². The van der Waals surface area contributed by atoms with E-state index in [4.69, 9.17) is 13.9 Å². The van der Waals surface area contributed by atoms with Crippen LogP contribution in [0.15, 0.2) is 51.7 Å². The van der Waals surface area contributed by atoms with Crippen LogP contribution in [-0.4, -0.2) is 18.2 Å². The Kier molecular flexibility index (Phi) is 4.34. The Morgan fingerprint density at radius 1 is 1.21 bits per heavy atom. The summed E-state index contributed by atoms with van der Waals surface area (Å²) in [5.74, 6) is -0.533. The van der Waals surface area contributed by atoms with E-state index in [1.807, 2.05) is 44.2 Å². The normalized spacial score (nSPS) is 14.9. The zero-order chi connectivity index (χ0) is 19.9. The minimum atomic E-state index is -1.34. The number of rotatable bonds is 4. The zero-order valence-corrected chi connectivity index (χ0v) is 15.6. The molecule has 0 atom stereocenters. The summed E-state index contributed by atoms with van der Waals surface area (Å²) in [5, 5.41) is 11.5. The van der Waals surface area contributed by atoms with Crippen LogP contribution in [0.4, 0.5) is 0 Å². The maximum atomic E-state index is 12.3. The third kappa shape index (κ3) is 3.33. The molecule has 1 aliphatic rings. The van der Waals surface area contributed by atoms with E-state index >= 15 is 0 Å². The average molecular weight is 379 g/mol. The highest BCUT2D eigenvalue weighted by Crippen LogP contribution is 2.44. The molecule has 0 unspecified atom stereocenters. The number of aryl methyl sites for hydroxylation is 1. The molecule has 144 valence electrons. The number of hydrogen-bond acceptors (Lipinski definition) is 6. The quantitative estimate of drug-likeness (QED) is 0.648. The monoisotopic (exact) mass is 379 g/mol. The van der Waals surface area contributed by atoms with Crippen molar-refractivity contribution in [3.05, 3.63) is 58.4 Å². The fourth-order valence-electron chi connectivity index (χ4n) is 3.54. The average Bonchev–Trinajstić information content (AvgIpc) is 2.65. The second-order valence-corrected chi connectivity index (χ2v) is 7.42. The molecule has 3 aromatic rings. The third-order valence-corrected chi connectivity index (χ3v) is 4.83. The third-order valence-electron chi connectivity index (χ3n) is 4.83. The van der Waals surface area contributed by atoms with Crippen molar-refractivity contribution in [1.82, 2.24) is 0 Å². The molecule has 0 saturated carbocycles. The standard InChI is InChI=1S/C22H20O6/c1-22(2)9-8-14-16(28-22)11-17(26-12-18(23)24)20-15(10-19(25)27-21(14)20)13-6-4-3-5-7-13/h3-7,10-11H,8-9,12H2,1-2H3,(H,23,24)/p-1. The first-order chi connectivity index (χ1) is 13.3. The summed E-state index contributed by atoms with van der Waals surface area (Å²) in [4.78, 5) is 23.3. The van der Waals surface area contributed by atoms with Crippen LogP contribution in [0.1, 0.15) is 25.8 Å². The molecule has 6 heteroatoms. The lowest BCUT2D eigenvalue weighted by Gasteiger charge is -2.33. The number of benzene rings is 2. The molecule has 0 bridgehead atoms. The molecule has 0 amide bonds. The van der Waals surface area contributed by atoms with Crippen LogP contribution in [0.3, 0.4) is 0 Å². The molecule has 6 nitrogen and oxygen atoms in total. The van der Waals surface area contributed by atoms with Gasteiger partial charge in [-0.1, -0.05) is 30.3 Å². The van der Waals surface area contributed by atoms with Crippen LogP contribution >= 0.6 is 0 Å². The number of fused-ring (bicyclic) bond motifs is 3. The second kappa shape index (κ2) is 6.71. The van der Waals surface area contributed by atoms with Crippen molar-refractivity contribution in [2.45, 2.75) is 32.3 Å². The van der Waals surface area contributed by atoms with Gasteiger partial charge in [0.25, 0.3) is 0 Å². The molecule has 0 saturated heterocycles. The first-order valence-electron chi connectivity index (χ1n) is 9.05. The molecular formula is C22H19O6-. The predicted octanol–water partition coefficient (Wildman–Crippen LogP) is 2.69. The fraction of sp³-hybridized carbons (Fsp3) is 0.273. The lowest BCUT2D eigenvalue weighted by atomic mass is 9.91. The molecule has 1 aromatic heterocycles. The Bertz CT molecular complexity index is 1110. The van der Waals surface area contributed by atoms with E-state index in [2.05, 4.69) is 0 Å². The van der Waals surface area contributed by atoms with E-state index < -0.39 is 18.2 Å². The molecule has 0 fully saturated rings.